The third-order valence-corrected chi connectivity index (χ3v) is 4.85. The molecule has 2 N–H and O–H groups in total. The molecule has 1 aromatic heterocycles. The Morgan fingerprint density at radius 2 is 2.41 bits per heavy atom. The SMILES string of the molecule is Cc1csc(NC(=O)CSC2CCNCC2)n1. The summed E-state index contributed by atoms with van der Waals surface area (Å²) in [5, 5.41) is 9.43. The molecule has 1 aliphatic heterocycles. The van der Waals surface area contributed by atoms with E-state index in [9.17, 15) is 4.79 Å². The number of rotatable bonds is 4. The lowest BCUT2D eigenvalue weighted by atomic mass is 10.2. The van der Waals surface area contributed by atoms with Gasteiger partial charge in [0.25, 0.3) is 0 Å². The number of carbonyl (C=O) groups is 1. The van der Waals surface area contributed by atoms with Gasteiger partial charge < -0.3 is 10.6 Å². The molecule has 0 unspecified atom stereocenters. The quantitative estimate of drug-likeness (QED) is 0.878. The second-order valence-electron chi connectivity index (χ2n) is 4.10. The molecule has 94 valence electrons. The van der Waals surface area contributed by atoms with Gasteiger partial charge in [0.1, 0.15) is 0 Å². The summed E-state index contributed by atoms with van der Waals surface area (Å²) in [5.41, 5.74) is 0.955. The minimum atomic E-state index is 0.0582. The topological polar surface area (TPSA) is 54.0 Å². The second kappa shape index (κ2) is 6.37. The van der Waals surface area contributed by atoms with Crippen molar-refractivity contribution in [1.29, 1.82) is 0 Å². The summed E-state index contributed by atoms with van der Waals surface area (Å²) < 4.78 is 0. The Labute approximate surface area is 110 Å². The molecule has 6 heteroatoms. The lowest BCUT2D eigenvalue weighted by Crippen LogP contribution is -2.30. The van der Waals surface area contributed by atoms with E-state index in [1.54, 1.807) is 11.8 Å². The van der Waals surface area contributed by atoms with Gasteiger partial charge in [0.2, 0.25) is 5.91 Å². The number of hydrogen-bond donors (Lipinski definition) is 2. The molecule has 1 aromatic rings. The van der Waals surface area contributed by atoms with Gasteiger partial charge in [0, 0.05) is 10.6 Å². The van der Waals surface area contributed by atoms with E-state index >= 15 is 0 Å². The highest BCUT2D eigenvalue weighted by atomic mass is 32.2. The van der Waals surface area contributed by atoms with Crippen LogP contribution in [0, 0.1) is 6.92 Å². The van der Waals surface area contributed by atoms with Crippen molar-refractivity contribution in [3.8, 4) is 0 Å². The molecule has 0 radical (unpaired) electrons. The molecular weight excluding hydrogens is 254 g/mol. The molecule has 17 heavy (non-hydrogen) atoms. The van der Waals surface area contributed by atoms with Crippen LogP contribution in [-0.2, 0) is 4.79 Å². The van der Waals surface area contributed by atoms with Gasteiger partial charge in [0.15, 0.2) is 5.13 Å². The first-order valence-electron chi connectivity index (χ1n) is 5.78. The monoisotopic (exact) mass is 271 g/mol. The summed E-state index contributed by atoms with van der Waals surface area (Å²) in [7, 11) is 0. The zero-order valence-electron chi connectivity index (χ0n) is 9.86. The minimum absolute atomic E-state index is 0.0582. The predicted molar refractivity (Wildman–Crippen MR) is 73.8 cm³/mol. The summed E-state index contributed by atoms with van der Waals surface area (Å²) in [6, 6.07) is 0. The summed E-state index contributed by atoms with van der Waals surface area (Å²) in [4.78, 5) is 15.9. The maximum Gasteiger partial charge on any atom is 0.236 e. The molecule has 4 nitrogen and oxygen atoms in total. The molecule has 1 saturated heterocycles. The Bertz CT molecular complexity index is 375. The van der Waals surface area contributed by atoms with Gasteiger partial charge in [-0.15, -0.1) is 23.1 Å². The van der Waals surface area contributed by atoms with Gasteiger partial charge in [-0.3, -0.25) is 4.79 Å². The lowest BCUT2D eigenvalue weighted by molar-refractivity contribution is -0.113. The highest BCUT2D eigenvalue weighted by Gasteiger charge is 2.15. The van der Waals surface area contributed by atoms with E-state index in [1.807, 2.05) is 12.3 Å². The third kappa shape index (κ3) is 4.29. The predicted octanol–water partition coefficient (Wildman–Crippen LogP) is 1.88. The minimum Gasteiger partial charge on any atom is -0.317 e. The number of anilines is 1. The molecule has 1 fully saturated rings. The standard InChI is InChI=1S/C11H17N3OS2/c1-8-6-17-11(13-8)14-10(15)7-16-9-2-4-12-5-3-9/h6,9,12H,2-5,7H2,1H3,(H,13,14,15). The van der Waals surface area contributed by atoms with Crippen molar-refractivity contribution >= 4 is 34.1 Å². The fourth-order valence-electron chi connectivity index (χ4n) is 1.72. The van der Waals surface area contributed by atoms with Crippen LogP contribution in [-0.4, -0.2) is 35.0 Å². The van der Waals surface area contributed by atoms with Crippen molar-refractivity contribution in [2.75, 3.05) is 24.2 Å². The van der Waals surface area contributed by atoms with Crippen LogP contribution in [0.4, 0.5) is 5.13 Å². The molecule has 0 bridgehead atoms. The number of aromatic nitrogens is 1. The fourth-order valence-corrected chi connectivity index (χ4v) is 3.46. The maximum absolute atomic E-state index is 11.7. The number of hydrogen-bond acceptors (Lipinski definition) is 5. The average molecular weight is 271 g/mol. The normalized spacial score (nSPS) is 17.0. The first-order valence-corrected chi connectivity index (χ1v) is 7.71. The van der Waals surface area contributed by atoms with Crippen LogP contribution in [0.1, 0.15) is 18.5 Å². The fraction of sp³-hybridized carbons (Fsp3) is 0.636. The van der Waals surface area contributed by atoms with Crippen LogP contribution in [0.5, 0.6) is 0 Å². The van der Waals surface area contributed by atoms with E-state index in [-0.39, 0.29) is 5.91 Å². The number of amides is 1. The molecule has 0 aliphatic carbocycles. The molecule has 1 amide bonds. The number of thiazole rings is 1. The van der Waals surface area contributed by atoms with Crippen molar-refractivity contribution in [1.82, 2.24) is 10.3 Å². The maximum atomic E-state index is 11.7. The molecule has 0 saturated carbocycles. The molecule has 0 aromatic carbocycles. The molecule has 0 atom stereocenters. The Morgan fingerprint density at radius 1 is 1.65 bits per heavy atom. The van der Waals surface area contributed by atoms with Crippen LogP contribution < -0.4 is 10.6 Å². The van der Waals surface area contributed by atoms with Crippen molar-refractivity contribution in [3.63, 3.8) is 0 Å². The lowest BCUT2D eigenvalue weighted by Gasteiger charge is -2.21. The van der Waals surface area contributed by atoms with Crippen molar-refractivity contribution in [2.24, 2.45) is 0 Å². The van der Waals surface area contributed by atoms with Crippen LogP contribution in [0.2, 0.25) is 0 Å². The van der Waals surface area contributed by atoms with Crippen molar-refractivity contribution in [2.45, 2.75) is 25.0 Å². The van der Waals surface area contributed by atoms with Crippen LogP contribution in [0.25, 0.3) is 0 Å². The summed E-state index contributed by atoms with van der Waals surface area (Å²) >= 11 is 3.23. The van der Waals surface area contributed by atoms with E-state index in [1.165, 1.54) is 11.3 Å². The Morgan fingerprint density at radius 3 is 3.06 bits per heavy atom. The largest absolute Gasteiger partial charge is 0.317 e. The number of piperidine rings is 1. The molecule has 1 aliphatic rings. The van der Waals surface area contributed by atoms with Crippen molar-refractivity contribution < 1.29 is 4.79 Å². The van der Waals surface area contributed by atoms with E-state index in [0.29, 0.717) is 16.1 Å². The van der Waals surface area contributed by atoms with Gasteiger partial charge in [-0.05, 0) is 32.9 Å². The first-order chi connectivity index (χ1) is 8.24. The van der Waals surface area contributed by atoms with Crippen LogP contribution in [0.3, 0.4) is 0 Å². The summed E-state index contributed by atoms with van der Waals surface area (Å²) in [6.07, 6.45) is 2.32. The third-order valence-electron chi connectivity index (χ3n) is 2.60. The van der Waals surface area contributed by atoms with E-state index < -0.39 is 0 Å². The number of nitrogens with one attached hydrogen (secondary N) is 2. The Kier molecular flexibility index (Phi) is 4.82. The molecule has 2 rings (SSSR count). The number of thioether (sulfide) groups is 1. The smallest absolute Gasteiger partial charge is 0.236 e. The first kappa shape index (κ1) is 12.9. The number of aryl methyl sites for hydroxylation is 1. The molecular formula is C11H17N3OS2. The van der Waals surface area contributed by atoms with Gasteiger partial charge in [-0.25, -0.2) is 4.98 Å². The number of carbonyl (C=O) groups excluding carboxylic acids is 1. The summed E-state index contributed by atoms with van der Waals surface area (Å²) in [5.74, 6) is 0.589. The molecule has 0 spiro atoms. The zero-order chi connectivity index (χ0) is 12.1. The van der Waals surface area contributed by atoms with Gasteiger partial charge in [-0.2, -0.15) is 0 Å². The van der Waals surface area contributed by atoms with E-state index in [0.717, 1.165) is 31.6 Å². The van der Waals surface area contributed by atoms with E-state index in [2.05, 4.69) is 15.6 Å². The zero-order valence-corrected chi connectivity index (χ0v) is 11.5. The van der Waals surface area contributed by atoms with Crippen LogP contribution >= 0.6 is 23.1 Å². The summed E-state index contributed by atoms with van der Waals surface area (Å²) in [6.45, 7) is 4.08. The molecule has 2 heterocycles. The van der Waals surface area contributed by atoms with Crippen LogP contribution in [0.15, 0.2) is 5.38 Å². The highest BCUT2D eigenvalue weighted by Crippen LogP contribution is 2.21. The Balaban J connectivity index is 1.70. The second-order valence-corrected chi connectivity index (χ2v) is 6.25. The van der Waals surface area contributed by atoms with E-state index in [4.69, 9.17) is 0 Å². The average Bonchev–Trinajstić information content (AvgIpc) is 2.73. The highest BCUT2D eigenvalue weighted by molar-refractivity contribution is 8.00. The Hall–Kier alpha value is -0.590. The van der Waals surface area contributed by atoms with Gasteiger partial charge in [0.05, 0.1) is 11.4 Å². The van der Waals surface area contributed by atoms with Gasteiger partial charge >= 0.3 is 0 Å². The van der Waals surface area contributed by atoms with Crippen molar-refractivity contribution in [3.05, 3.63) is 11.1 Å². The number of nitrogens with zero attached hydrogens (tertiary/aromatic N) is 1. The van der Waals surface area contributed by atoms with Gasteiger partial charge in [-0.1, -0.05) is 0 Å².